The van der Waals surface area contributed by atoms with E-state index in [4.69, 9.17) is 16.3 Å². The lowest BCUT2D eigenvalue weighted by molar-refractivity contribution is 0.415. The van der Waals surface area contributed by atoms with Gasteiger partial charge < -0.3 is 4.74 Å². The molecule has 3 nitrogen and oxygen atoms in total. The molecule has 5 heteroatoms. The third-order valence-electron chi connectivity index (χ3n) is 2.13. The standard InChI is InChI=1S/C12H11ClN2OS/c1-16-11-4-3-9(7-10(11)13)8-17-12-14-5-2-6-15-12/h2-7H,8H2,1H3. The Morgan fingerprint density at radius 1 is 1.29 bits per heavy atom. The second-order valence-electron chi connectivity index (χ2n) is 3.29. The van der Waals surface area contributed by atoms with E-state index in [0.29, 0.717) is 10.8 Å². The minimum atomic E-state index is 0.625. The maximum atomic E-state index is 6.05. The van der Waals surface area contributed by atoms with Crippen LogP contribution in [-0.2, 0) is 5.75 Å². The maximum Gasteiger partial charge on any atom is 0.187 e. The van der Waals surface area contributed by atoms with Crippen molar-refractivity contribution in [2.45, 2.75) is 10.9 Å². The van der Waals surface area contributed by atoms with E-state index in [1.54, 1.807) is 37.3 Å². The molecule has 0 unspecified atom stereocenters. The molecule has 0 radical (unpaired) electrons. The van der Waals surface area contributed by atoms with Crippen molar-refractivity contribution in [3.63, 3.8) is 0 Å². The van der Waals surface area contributed by atoms with Crippen molar-refractivity contribution in [1.82, 2.24) is 9.97 Å². The van der Waals surface area contributed by atoms with Gasteiger partial charge in [0.2, 0.25) is 0 Å². The molecule has 0 amide bonds. The highest BCUT2D eigenvalue weighted by Crippen LogP contribution is 2.27. The molecule has 0 spiro atoms. The summed E-state index contributed by atoms with van der Waals surface area (Å²) in [5, 5.41) is 1.39. The van der Waals surface area contributed by atoms with Crippen molar-refractivity contribution < 1.29 is 4.74 Å². The first-order chi connectivity index (χ1) is 8.29. The summed E-state index contributed by atoms with van der Waals surface area (Å²) in [5.74, 6) is 1.48. The van der Waals surface area contributed by atoms with Gasteiger partial charge in [0.25, 0.3) is 0 Å². The quantitative estimate of drug-likeness (QED) is 0.627. The number of rotatable bonds is 4. The highest BCUT2D eigenvalue weighted by Gasteiger charge is 2.03. The van der Waals surface area contributed by atoms with Crippen LogP contribution in [0.15, 0.2) is 41.8 Å². The number of aromatic nitrogens is 2. The van der Waals surface area contributed by atoms with Gasteiger partial charge in [-0.3, -0.25) is 0 Å². The Balaban J connectivity index is 2.02. The molecule has 2 aromatic rings. The smallest absolute Gasteiger partial charge is 0.187 e. The monoisotopic (exact) mass is 266 g/mol. The van der Waals surface area contributed by atoms with Gasteiger partial charge in [-0.25, -0.2) is 9.97 Å². The molecule has 0 saturated carbocycles. The molecule has 88 valence electrons. The van der Waals surface area contributed by atoms with Gasteiger partial charge >= 0.3 is 0 Å². The Labute approximate surface area is 109 Å². The Kier molecular flexibility index (Phi) is 4.23. The average Bonchev–Trinajstić information content (AvgIpc) is 2.38. The summed E-state index contributed by atoms with van der Waals surface area (Å²) in [6.07, 6.45) is 3.46. The lowest BCUT2D eigenvalue weighted by Crippen LogP contribution is -1.88. The number of benzene rings is 1. The Hall–Kier alpha value is -1.26. The molecule has 0 saturated heterocycles. The summed E-state index contributed by atoms with van der Waals surface area (Å²) in [6.45, 7) is 0. The van der Waals surface area contributed by atoms with Gasteiger partial charge in [-0.2, -0.15) is 0 Å². The summed E-state index contributed by atoms with van der Waals surface area (Å²) in [6, 6.07) is 7.55. The van der Waals surface area contributed by atoms with E-state index in [1.165, 1.54) is 0 Å². The SMILES string of the molecule is COc1ccc(CSc2ncccn2)cc1Cl. The molecule has 1 aromatic heterocycles. The van der Waals surface area contributed by atoms with Crippen molar-refractivity contribution in [3.8, 4) is 5.75 Å². The third-order valence-corrected chi connectivity index (χ3v) is 3.37. The zero-order valence-electron chi connectivity index (χ0n) is 9.26. The Morgan fingerprint density at radius 2 is 2.06 bits per heavy atom. The molecule has 1 heterocycles. The van der Waals surface area contributed by atoms with Crippen molar-refractivity contribution >= 4 is 23.4 Å². The highest BCUT2D eigenvalue weighted by atomic mass is 35.5. The molecule has 0 N–H and O–H groups in total. The molecule has 17 heavy (non-hydrogen) atoms. The topological polar surface area (TPSA) is 35.0 Å². The van der Waals surface area contributed by atoms with E-state index in [9.17, 15) is 0 Å². The first-order valence-electron chi connectivity index (χ1n) is 5.02. The van der Waals surface area contributed by atoms with E-state index in [1.807, 2.05) is 18.2 Å². The van der Waals surface area contributed by atoms with Crippen LogP contribution in [0.5, 0.6) is 5.75 Å². The van der Waals surface area contributed by atoms with Crippen molar-refractivity contribution in [2.75, 3.05) is 7.11 Å². The van der Waals surface area contributed by atoms with Gasteiger partial charge in [0.1, 0.15) is 5.75 Å². The molecular formula is C12H11ClN2OS. The zero-order valence-corrected chi connectivity index (χ0v) is 10.8. The van der Waals surface area contributed by atoms with Crippen LogP contribution in [0.3, 0.4) is 0 Å². The van der Waals surface area contributed by atoms with Crippen LogP contribution in [0.4, 0.5) is 0 Å². The summed E-state index contributed by atoms with van der Waals surface area (Å²) < 4.78 is 5.10. The normalized spacial score (nSPS) is 10.2. The van der Waals surface area contributed by atoms with E-state index < -0.39 is 0 Å². The van der Waals surface area contributed by atoms with Crippen LogP contribution in [-0.4, -0.2) is 17.1 Å². The van der Waals surface area contributed by atoms with Gasteiger partial charge in [0.15, 0.2) is 5.16 Å². The van der Waals surface area contributed by atoms with Crippen molar-refractivity contribution in [2.24, 2.45) is 0 Å². The van der Waals surface area contributed by atoms with Crippen LogP contribution in [0.2, 0.25) is 5.02 Å². The third kappa shape index (κ3) is 3.35. The summed E-state index contributed by atoms with van der Waals surface area (Å²) >= 11 is 7.62. The van der Waals surface area contributed by atoms with Crippen molar-refractivity contribution in [3.05, 3.63) is 47.2 Å². The molecule has 0 aliphatic rings. The fraction of sp³-hybridized carbons (Fsp3) is 0.167. The number of ether oxygens (including phenoxy) is 1. The molecule has 0 bridgehead atoms. The Bertz CT molecular complexity index is 493. The number of hydrogen-bond donors (Lipinski definition) is 0. The second-order valence-corrected chi connectivity index (χ2v) is 4.64. The summed E-state index contributed by atoms with van der Waals surface area (Å²) in [5.41, 5.74) is 1.12. The maximum absolute atomic E-state index is 6.05. The predicted octanol–water partition coefficient (Wildman–Crippen LogP) is 3.43. The fourth-order valence-corrected chi connectivity index (χ4v) is 2.33. The van der Waals surface area contributed by atoms with E-state index in [-0.39, 0.29) is 0 Å². The lowest BCUT2D eigenvalue weighted by Gasteiger charge is -2.05. The van der Waals surface area contributed by atoms with Crippen molar-refractivity contribution in [1.29, 1.82) is 0 Å². The fourth-order valence-electron chi connectivity index (χ4n) is 1.31. The molecule has 1 aromatic carbocycles. The van der Waals surface area contributed by atoms with Gasteiger partial charge in [0.05, 0.1) is 12.1 Å². The van der Waals surface area contributed by atoms with Gasteiger partial charge in [-0.15, -0.1) is 0 Å². The Morgan fingerprint density at radius 3 is 2.71 bits per heavy atom. The zero-order chi connectivity index (χ0) is 12.1. The molecule has 0 aliphatic carbocycles. The van der Waals surface area contributed by atoms with Crippen LogP contribution in [0, 0.1) is 0 Å². The molecule has 2 rings (SSSR count). The first kappa shape index (κ1) is 12.2. The number of methoxy groups -OCH3 is 1. The number of hydrogen-bond acceptors (Lipinski definition) is 4. The number of nitrogens with zero attached hydrogens (tertiary/aromatic N) is 2. The van der Waals surface area contributed by atoms with E-state index in [2.05, 4.69) is 9.97 Å². The second kappa shape index (κ2) is 5.89. The van der Waals surface area contributed by atoms with Crippen LogP contribution in [0.1, 0.15) is 5.56 Å². The predicted molar refractivity (Wildman–Crippen MR) is 69.6 cm³/mol. The van der Waals surface area contributed by atoms with Crippen LogP contribution in [0.25, 0.3) is 0 Å². The highest BCUT2D eigenvalue weighted by molar-refractivity contribution is 7.98. The minimum absolute atomic E-state index is 0.625. The van der Waals surface area contributed by atoms with Gasteiger partial charge in [-0.1, -0.05) is 29.4 Å². The van der Waals surface area contributed by atoms with Crippen LogP contribution < -0.4 is 4.74 Å². The van der Waals surface area contributed by atoms with Crippen LogP contribution >= 0.6 is 23.4 Å². The minimum Gasteiger partial charge on any atom is -0.495 e. The molecule has 0 aliphatic heterocycles. The molecule has 0 fully saturated rings. The first-order valence-corrected chi connectivity index (χ1v) is 6.38. The summed E-state index contributed by atoms with van der Waals surface area (Å²) in [4.78, 5) is 8.29. The lowest BCUT2D eigenvalue weighted by atomic mass is 10.2. The number of thioether (sulfide) groups is 1. The largest absolute Gasteiger partial charge is 0.495 e. The van der Waals surface area contributed by atoms with Gasteiger partial charge in [-0.05, 0) is 23.8 Å². The average molecular weight is 267 g/mol. The molecule has 0 atom stereocenters. The van der Waals surface area contributed by atoms with Gasteiger partial charge in [0, 0.05) is 18.1 Å². The summed E-state index contributed by atoms with van der Waals surface area (Å²) in [7, 11) is 1.60. The van der Waals surface area contributed by atoms with E-state index >= 15 is 0 Å². The molecular weight excluding hydrogens is 256 g/mol. The number of halogens is 1. The van der Waals surface area contributed by atoms with E-state index in [0.717, 1.165) is 16.5 Å².